The van der Waals surface area contributed by atoms with Gasteiger partial charge in [-0.15, -0.1) is 0 Å². The summed E-state index contributed by atoms with van der Waals surface area (Å²) in [5.41, 5.74) is 1.25. The van der Waals surface area contributed by atoms with E-state index in [0.717, 1.165) is 31.7 Å². The van der Waals surface area contributed by atoms with Crippen LogP contribution in [0.25, 0.3) is 0 Å². The maximum atomic E-state index is 5.71. The highest BCUT2D eigenvalue weighted by molar-refractivity contribution is 5.26. The van der Waals surface area contributed by atoms with Crippen molar-refractivity contribution in [3.63, 3.8) is 0 Å². The van der Waals surface area contributed by atoms with Gasteiger partial charge in [0.15, 0.2) is 0 Å². The molecule has 0 aliphatic carbocycles. The first-order valence-corrected chi connectivity index (χ1v) is 8.07. The first-order valence-electron chi connectivity index (χ1n) is 8.07. The third-order valence-corrected chi connectivity index (χ3v) is 3.70. The molecule has 1 aromatic heterocycles. The molecule has 1 rings (SSSR count). The van der Waals surface area contributed by atoms with E-state index in [1.54, 1.807) is 0 Å². The molecule has 0 bridgehead atoms. The van der Waals surface area contributed by atoms with Crippen LogP contribution in [0.15, 0.2) is 18.5 Å². The summed E-state index contributed by atoms with van der Waals surface area (Å²) in [6.07, 6.45) is 8.31. The molecule has 1 heterocycles. The number of hydrogen-bond donors (Lipinski definition) is 1. The number of aromatic nitrogens is 1. The van der Waals surface area contributed by atoms with Gasteiger partial charge in [-0.05, 0) is 36.9 Å². The third kappa shape index (κ3) is 5.12. The zero-order valence-corrected chi connectivity index (χ0v) is 13.5. The van der Waals surface area contributed by atoms with Crippen molar-refractivity contribution in [2.75, 3.05) is 13.2 Å². The summed E-state index contributed by atoms with van der Waals surface area (Å²) in [7, 11) is 0. The lowest BCUT2D eigenvalue weighted by Crippen LogP contribution is -2.28. The van der Waals surface area contributed by atoms with E-state index in [4.69, 9.17) is 4.74 Å². The largest absolute Gasteiger partial charge is 0.492 e. The lowest BCUT2D eigenvalue weighted by atomic mass is 9.89. The lowest BCUT2D eigenvalue weighted by molar-refractivity contribution is 0.311. The molecule has 1 N–H and O–H groups in total. The number of pyridine rings is 1. The molecule has 3 nitrogen and oxygen atoms in total. The van der Waals surface area contributed by atoms with E-state index >= 15 is 0 Å². The molecule has 0 amide bonds. The molecule has 0 fully saturated rings. The number of nitrogens with one attached hydrogen (secondary N) is 1. The van der Waals surface area contributed by atoms with Crippen molar-refractivity contribution in [3.05, 3.63) is 24.0 Å². The molecular formula is C17H30N2O. The average Bonchev–Trinajstić information content (AvgIpc) is 2.49. The topological polar surface area (TPSA) is 34.2 Å². The predicted octanol–water partition coefficient (Wildman–Crippen LogP) is 4.35. The zero-order valence-electron chi connectivity index (χ0n) is 13.5. The van der Waals surface area contributed by atoms with Crippen LogP contribution >= 0.6 is 0 Å². The predicted molar refractivity (Wildman–Crippen MR) is 85.1 cm³/mol. The monoisotopic (exact) mass is 278 g/mol. The van der Waals surface area contributed by atoms with E-state index in [1.807, 2.05) is 12.4 Å². The highest BCUT2D eigenvalue weighted by Gasteiger charge is 2.20. The summed E-state index contributed by atoms with van der Waals surface area (Å²) in [6, 6.07) is 2.52. The van der Waals surface area contributed by atoms with Gasteiger partial charge in [0.25, 0.3) is 0 Å². The van der Waals surface area contributed by atoms with Gasteiger partial charge >= 0.3 is 0 Å². The maximum absolute atomic E-state index is 5.71. The average molecular weight is 278 g/mol. The molecule has 1 unspecified atom stereocenters. The molecule has 0 radical (unpaired) electrons. The molecule has 0 aromatic carbocycles. The Morgan fingerprint density at radius 2 is 1.85 bits per heavy atom. The normalized spacial score (nSPS) is 12.7. The summed E-state index contributed by atoms with van der Waals surface area (Å²) < 4.78 is 5.71. The molecule has 0 spiro atoms. The summed E-state index contributed by atoms with van der Waals surface area (Å²) in [6.45, 7) is 10.6. The minimum absolute atomic E-state index is 0.377. The maximum Gasteiger partial charge on any atom is 0.137 e. The second kappa shape index (κ2) is 9.76. The Kier molecular flexibility index (Phi) is 8.28. The van der Waals surface area contributed by atoms with Gasteiger partial charge in [0.05, 0.1) is 12.8 Å². The minimum Gasteiger partial charge on any atom is -0.492 e. The smallest absolute Gasteiger partial charge is 0.137 e. The van der Waals surface area contributed by atoms with E-state index < -0.39 is 0 Å². The zero-order chi connectivity index (χ0) is 14.8. The van der Waals surface area contributed by atoms with Crippen molar-refractivity contribution >= 4 is 0 Å². The standard InChI is InChI=1S/C17H30N2O/c1-5-9-19-17(14(7-3)8-4)15-11-16(13-18-12-15)20-10-6-2/h11-14,17,19H,5-10H2,1-4H3. The Morgan fingerprint density at radius 3 is 2.45 bits per heavy atom. The molecule has 1 aromatic rings. The number of rotatable bonds is 10. The molecule has 0 saturated heterocycles. The molecule has 20 heavy (non-hydrogen) atoms. The van der Waals surface area contributed by atoms with Crippen LogP contribution in [0.1, 0.15) is 65.0 Å². The van der Waals surface area contributed by atoms with E-state index in [9.17, 15) is 0 Å². The van der Waals surface area contributed by atoms with Gasteiger partial charge in [0, 0.05) is 12.2 Å². The van der Waals surface area contributed by atoms with Crippen molar-refractivity contribution in [2.45, 2.75) is 59.4 Å². The molecule has 1 atom stereocenters. The van der Waals surface area contributed by atoms with E-state index in [1.165, 1.54) is 18.4 Å². The summed E-state index contributed by atoms with van der Waals surface area (Å²) >= 11 is 0. The second-order valence-electron chi connectivity index (χ2n) is 5.31. The number of hydrogen-bond acceptors (Lipinski definition) is 3. The van der Waals surface area contributed by atoms with Crippen LogP contribution < -0.4 is 10.1 Å². The van der Waals surface area contributed by atoms with E-state index in [0.29, 0.717) is 12.0 Å². The molecule has 0 saturated carbocycles. The van der Waals surface area contributed by atoms with Crippen LogP contribution in [0.4, 0.5) is 0 Å². The van der Waals surface area contributed by atoms with Gasteiger partial charge in [0.1, 0.15) is 5.75 Å². The summed E-state index contributed by atoms with van der Waals surface area (Å²) in [5, 5.41) is 3.68. The molecule has 0 aliphatic rings. The van der Waals surface area contributed by atoms with Crippen LogP contribution in [-0.2, 0) is 0 Å². The Labute approximate surface area is 124 Å². The SMILES string of the molecule is CCCNC(c1cncc(OCCC)c1)C(CC)CC. The fourth-order valence-electron chi connectivity index (χ4n) is 2.52. The summed E-state index contributed by atoms with van der Waals surface area (Å²) in [5.74, 6) is 1.53. The van der Waals surface area contributed by atoms with E-state index in [2.05, 4.69) is 44.1 Å². The van der Waals surface area contributed by atoms with Gasteiger partial charge in [0.2, 0.25) is 0 Å². The minimum atomic E-state index is 0.377. The van der Waals surface area contributed by atoms with Crippen molar-refractivity contribution in [2.24, 2.45) is 5.92 Å². The van der Waals surface area contributed by atoms with Gasteiger partial charge in [-0.2, -0.15) is 0 Å². The van der Waals surface area contributed by atoms with Crippen molar-refractivity contribution in [3.8, 4) is 5.75 Å². The molecule has 0 aliphatic heterocycles. The van der Waals surface area contributed by atoms with Crippen LogP contribution in [0.5, 0.6) is 5.75 Å². The first-order chi connectivity index (χ1) is 9.76. The molecule has 114 valence electrons. The number of ether oxygens (including phenoxy) is 1. The van der Waals surface area contributed by atoms with Crippen LogP contribution in [0.2, 0.25) is 0 Å². The van der Waals surface area contributed by atoms with Crippen molar-refractivity contribution in [1.29, 1.82) is 0 Å². The molecular weight excluding hydrogens is 248 g/mol. The Hall–Kier alpha value is -1.09. The third-order valence-electron chi connectivity index (χ3n) is 3.70. The van der Waals surface area contributed by atoms with Gasteiger partial charge < -0.3 is 10.1 Å². The fraction of sp³-hybridized carbons (Fsp3) is 0.706. The van der Waals surface area contributed by atoms with Gasteiger partial charge in [-0.25, -0.2) is 0 Å². The van der Waals surface area contributed by atoms with Gasteiger partial charge in [-0.3, -0.25) is 4.98 Å². The van der Waals surface area contributed by atoms with Gasteiger partial charge in [-0.1, -0.05) is 40.5 Å². The lowest BCUT2D eigenvalue weighted by Gasteiger charge is -2.27. The van der Waals surface area contributed by atoms with Crippen LogP contribution in [-0.4, -0.2) is 18.1 Å². The highest BCUT2D eigenvalue weighted by Crippen LogP contribution is 2.28. The first kappa shape index (κ1) is 17.0. The Bertz CT molecular complexity index is 364. The fourth-order valence-corrected chi connectivity index (χ4v) is 2.52. The van der Waals surface area contributed by atoms with Crippen molar-refractivity contribution < 1.29 is 4.74 Å². The highest BCUT2D eigenvalue weighted by atomic mass is 16.5. The molecule has 3 heteroatoms. The summed E-state index contributed by atoms with van der Waals surface area (Å²) in [4.78, 5) is 4.35. The quantitative estimate of drug-likeness (QED) is 0.691. The van der Waals surface area contributed by atoms with E-state index in [-0.39, 0.29) is 0 Å². The Morgan fingerprint density at radius 1 is 1.10 bits per heavy atom. The van der Waals surface area contributed by atoms with Crippen LogP contribution in [0, 0.1) is 5.92 Å². The second-order valence-corrected chi connectivity index (χ2v) is 5.31. The van der Waals surface area contributed by atoms with Crippen molar-refractivity contribution in [1.82, 2.24) is 10.3 Å². The van der Waals surface area contributed by atoms with Crippen LogP contribution in [0.3, 0.4) is 0 Å². The number of nitrogens with zero attached hydrogens (tertiary/aromatic N) is 1. The Balaban J connectivity index is 2.87.